The van der Waals surface area contributed by atoms with Gasteiger partial charge in [0, 0.05) is 11.8 Å². The average molecular weight is 122 g/mol. The predicted molar refractivity (Wildman–Crippen MR) is 27.4 cm³/mol. The molecular formula is C3H8NO2S-. The van der Waals surface area contributed by atoms with Crippen LogP contribution in [0.15, 0.2) is 0 Å². The molecule has 0 fully saturated rings. The minimum absolute atomic E-state index is 0.204. The van der Waals surface area contributed by atoms with E-state index < -0.39 is 16.3 Å². The fourth-order valence-electron chi connectivity index (χ4n) is 0.0786. The van der Waals surface area contributed by atoms with Crippen molar-refractivity contribution in [2.75, 3.05) is 6.54 Å². The Morgan fingerprint density at radius 2 is 2.43 bits per heavy atom. The number of hydrogen-bond acceptors (Lipinski definition) is 3. The molecule has 2 unspecified atom stereocenters. The van der Waals surface area contributed by atoms with E-state index in [1.54, 1.807) is 6.92 Å². The highest BCUT2D eigenvalue weighted by molar-refractivity contribution is 7.79. The van der Waals surface area contributed by atoms with Crippen LogP contribution in [-0.2, 0) is 11.1 Å². The van der Waals surface area contributed by atoms with E-state index in [-0.39, 0.29) is 6.54 Å². The van der Waals surface area contributed by atoms with E-state index in [4.69, 9.17) is 5.73 Å². The Morgan fingerprint density at radius 3 is 2.43 bits per heavy atom. The first kappa shape index (κ1) is 7.07. The smallest absolute Gasteiger partial charge is 0.0310 e. The molecule has 0 aliphatic heterocycles. The van der Waals surface area contributed by atoms with E-state index in [9.17, 15) is 8.76 Å². The van der Waals surface area contributed by atoms with Crippen LogP contribution < -0.4 is 5.73 Å². The topological polar surface area (TPSA) is 66.2 Å². The van der Waals surface area contributed by atoms with Gasteiger partial charge in [-0.05, 0) is 0 Å². The molecule has 0 aliphatic carbocycles. The summed E-state index contributed by atoms with van der Waals surface area (Å²) < 4.78 is 19.7. The SMILES string of the molecule is CC(CN)S(=O)[O-]. The van der Waals surface area contributed by atoms with E-state index in [1.165, 1.54) is 0 Å². The third-order valence-corrected chi connectivity index (χ3v) is 1.51. The standard InChI is InChI=1S/C3H9NO2S/c1-3(2-4)7(5)6/h3H,2,4H2,1H3,(H,5,6)/p-1. The van der Waals surface area contributed by atoms with E-state index in [1.807, 2.05) is 0 Å². The summed E-state index contributed by atoms with van der Waals surface area (Å²) in [5.41, 5.74) is 4.98. The maximum absolute atomic E-state index is 9.85. The molecule has 0 aromatic heterocycles. The van der Waals surface area contributed by atoms with Crippen LogP contribution in [0.25, 0.3) is 0 Å². The highest BCUT2D eigenvalue weighted by atomic mass is 32.2. The number of nitrogens with two attached hydrogens (primary N) is 1. The lowest BCUT2D eigenvalue weighted by molar-refractivity contribution is 0.525. The Kier molecular flexibility index (Phi) is 3.15. The Balaban J connectivity index is 3.34. The van der Waals surface area contributed by atoms with Gasteiger partial charge >= 0.3 is 0 Å². The monoisotopic (exact) mass is 122 g/mol. The first-order chi connectivity index (χ1) is 3.18. The van der Waals surface area contributed by atoms with Crippen molar-refractivity contribution in [3.8, 4) is 0 Å². The molecule has 4 heteroatoms. The zero-order chi connectivity index (χ0) is 5.86. The molecule has 0 bridgehead atoms. The molecule has 0 saturated carbocycles. The van der Waals surface area contributed by atoms with Gasteiger partial charge in [0.1, 0.15) is 0 Å². The van der Waals surface area contributed by atoms with Crippen molar-refractivity contribution in [2.45, 2.75) is 12.2 Å². The molecule has 2 N–H and O–H groups in total. The minimum Gasteiger partial charge on any atom is -0.772 e. The van der Waals surface area contributed by atoms with Crippen molar-refractivity contribution in [3.63, 3.8) is 0 Å². The van der Waals surface area contributed by atoms with Crippen LogP contribution in [-0.4, -0.2) is 20.6 Å². The largest absolute Gasteiger partial charge is 0.772 e. The molecule has 0 radical (unpaired) electrons. The second kappa shape index (κ2) is 3.12. The van der Waals surface area contributed by atoms with Gasteiger partial charge in [0.15, 0.2) is 0 Å². The first-order valence-corrected chi connectivity index (χ1v) is 3.10. The lowest BCUT2D eigenvalue weighted by Gasteiger charge is -2.09. The maximum atomic E-state index is 9.85. The molecule has 44 valence electrons. The van der Waals surface area contributed by atoms with Crippen LogP contribution in [0.3, 0.4) is 0 Å². The zero-order valence-corrected chi connectivity index (χ0v) is 4.90. The summed E-state index contributed by atoms with van der Waals surface area (Å²) in [5, 5.41) is -0.403. The summed E-state index contributed by atoms with van der Waals surface area (Å²) in [6.45, 7) is 1.76. The van der Waals surface area contributed by atoms with E-state index in [2.05, 4.69) is 0 Å². The summed E-state index contributed by atoms with van der Waals surface area (Å²) in [5.74, 6) is 0. The lowest BCUT2D eigenvalue weighted by Crippen LogP contribution is -2.20. The second-order valence-corrected chi connectivity index (χ2v) is 2.63. The van der Waals surface area contributed by atoms with Crippen molar-refractivity contribution in [3.05, 3.63) is 0 Å². The zero-order valence-electron chi connectivity index (χ0n) is 4.09. The highest BCUT2D eigenvalue weighted by Gasteiger charge is 1.93. The normalized spacial score (nSPS) is 18.7. The van der Waals surface area contributed by atoms with Gasteiger partial charge in [0.2, 0.25) is 0 Å². The third-order valence-electron chi connectivity index (χ3n) is 0.660. The minimum atomic E-state index is -1.99. The van der Waals surface area contributed by atoms with Crippen molar-refractivity contribution in [2.24, 2.45) is 5.73 Å². The number of rotatable bonds is 2. The molecule has 0 aliphatic rings. The van der Waals surface area contributed by atoms with Crippen LogP contribution in [0.5, 0.6) is 0 Å². The summed E-state index contributed by atoms with van der Waals surface area (Å²) in [7, 11) is 0. The maximum Gasteiger partial charge on any atom is 0.0310 e. The fraction of sp³-hybridized carbons (Fsp3) is 1.00. The van der Waals surface area contributed by atoms with Crippen LogP contribution in [0, 0.1) is 0 Å². The third kappa shape index (κ3) is 2.73. The van der Waals surface area contributed by atoms with Gasteiger partial charge in [-0.15, -0.1) is 0 Å². The van der Waals surface area contributed by atoms with Gasteiger partial charge in [0.25, 0.3) is 0 Å². The number of hydrogen-bond donors (Lipinski definition) is 1. The molecular weight excluding hydrogens is 114 g/mol. The summed E-state index contributed by atoms with van der Waals surface area (Å²) in [6, 6.07) is 0. The van der Waals surface area contributed by atoms with Crippen LogP contribution in [0.4, 0.5) is 0 Å². The molecule has 0 amide bonds. The van der Waals surface area contributed by atoms with Crippen molar-refractivity contribution in [1.82, 2.24) is 0 Å². The average Bonchev–Trinajstić information content (AvgIpc) is 1.65. The van der Waals surface area contributed by atoms with Gasteiger partial charge in [-0.1, -0.05) is 18.0 Å². The van der Waals surface area contributed by atoms with Crippen LogP contribution >= 0.6 is 0 Å². The van der Waals surface area contributed by atoms with Gasteiger partial charge in [-0.25, -0.2) is 0 Å². The van der Waals surface area contributed by atoms with E-state index in [0.717, 1.165) is 0 Å². The fourth-order valence-corrected chi connectivity index (χ4v) is 0.236. The van der Waals surface area contributed by atoms with Crippen molar-refractivity contribution in [1.29, 1.82) is 0 Å². The van der Waals surface area contributed by atoms with Crippen LogP contribution in [0.2, 0.25) is 0 Å². The van der Waals surface area contributed by atoms with Gasteiger partial charge in [-0.2, -0.15) is 0 Å². The first-order valence-electron chi connectivity index (χ1n) is 1.96. The van der Waals surface area contributed by atoms with Gasteiger partial charge < -0.3 is 10.3 Å². The molecule has 2 atom stereocenters. The molecule has 0 spiro atoms. The Morgan fingerprint density at radius 1 is 2.00 bits per heavy atom. The molecule has 3 nitrogen and oxygen atoms in total. The van der Waals surface area contributed by atoms with E-state index >= 15 is 0 Å². The summed E-state index contributed by atoms with van der Waals surface area (Å²) >= 11 is -1.99. The molecule has 0 rings (SSSR count). The van der Waals surface area contributed by atoms with Gasteiger partial charge in [-0.3, -0.25) is 4.21 Å². The Labute approximate surface area is 45.2 Å². The van der Waals surface area contributed by atoms with Crippen molar-refractivity contribution >= 4 is 11.1 Å². The van der Waals surface area contributed by atoms with Crippen LogP contribution in [0.1, 0.15) is 6.92 Å². The summed E-state index contributed by atoms with van der Waals surface area (Å²) in [6.07, 6.45) is 0. The molecule has 0 aromatic rings. The lowest BCUT2D eigenvalue weighted by atomic mass is 10.5. The van der Waals surface area contributed by atoms with E-state index in [0.29, 0.717) is 0 Å². The summed E-state index contributed by atoms with van der Waals surface area (Å²) in [4.78, 5) is 0. The van der Waals surface area contributed by atoms with Crippen molar-refractivity contribution < 1.29 is 8.76 Å². The quantitative estimate of drug-likeness (QED) is 0.488. The second-order valence-electron chi connectivity index (χ2n) is 1.31. The predicted octanol–water partition coefficient (Wildman–Crippen LogP) is -0.787. The molecule has 0 aromatic carbocycles. The Hall–Kier alpha value is 0.0700. The molecule has 0 heterocycles. The van der Waals surface area contributed by atoms with Gasteiger partial charge in [0.05, 0.1) is 0 Å². The molecule has 7 heavy (non-hydrogen) atoms. The molecule has 0 saturated heterocycles. The highest BCUT2D eigenvalue weighted by Crippen LogP contribution is 1.84. The Bertz CT molecular complexity index is 75.3.